The molecule has 1 aromatic heterocycles. The van der Waals surface area contributed by atoms with E-state index in [4.69, 9.17) is 5.11 Å². The van der Waals surface area contributed by atoms with Crippen LogP contribution in [0, 0.1) is 12.8 Å². The molecule has 0 unspecified atom stereocenters. The zero-order valence-electron chi connectivity index (χ0n) is 13.8. The Bertz CT molecular complexity index is 579. The zero-order chi connectivity index (χ0) is 16.6. The van der Waals surface area contributed by atoms with E-state index in [-0.39, 0.29) is 6.54 Å². The number of carboxylic acids is 1. The highest BCUT2D eigenvalue weighted by atomic mass is 79.9. The van der Waals surface area contributed by atoms with Crippen molar-refractivity contribution >= 4 is 21.9 Å². The van der Waals surface area contributed by atoms with Gasteiger partial charge in [-0.2, -0.15) is 5.10 Å². The van der Waals surface area contributed by atoms with Crippen molar-refractivity contribution < 1.29 is 9.90 Å². The molecule has 2 fully saturated rings. The van der Waals surface area contributed by atoms with Gasteiger partial charge < -0.3 is 10.4 Å². The molecule has 1 heterocycles. The van der Waals surface area contributed by atoms with Crippen molar-refractivity contribution in [3.8, 4) is 0 Å². The second kappa shape index (κ2) is 6.91. The first kappa shape index (κ1) is 16.9. The first-order valence-corrected chi connectivity index (χ1v) is 9.10. The van der Waals surface area contributed by atoms with Crippen LogP contribution in [0.2, 0.25) is 0 Å². The third kappa shape index (κ3) is 4.14. The summed E-state index contributed by atoms with van der Waals surface area (Å²) in [6.07, 6.45) is 4.60. The van der Waals surface area contributed by atoms with Gasteiger partial charge in [0.05, 0.1) is 22.4 Å². The fourth-order valence-electron chi connectivity index (χ4n) is 3.31. The second-order valence-electron chi connectivity index (χ2n) is 6.94. The average molecular weight is 385 g/mol. The molecule has 2 N–H and O–H groups in total. The van der Waals surface area contributed by atoms with E-state index in [0.29, 0.717) is 12.1 Å². The minimum Gasteiger partial charge on any atom is -0.480 e. The molecule has 0 radical (unpaired) electrons. The van der Waals surface area contributed by atoms with E-state index in [0.717, 1.165) is 47.7 Å². The normalized spacial score (nSPS) is 24.0. The molecule has 1 aromatic rings. The molecule has 0 saturated heterocycles. The SMILES string of the molecule is Cc1nn(C)c(CNC2CC(N(CC(=O)O)CC3CC3)C2)c1Br. The zero-order valence-corrected chi connectivity index (χ0v) is 15.3. The molecule has 2 aliphatic carbocycles. The van der Waals surface area contributed by atoms with Crippen LogP contribution in [-0.4, -0.2) is 50.9 Å². The summed E-state index contributed by atoms with van der Waals surface area (Å²) >= 11 is 3.59. The number of nitrogens with zero attached hydrogens (tertiary/aromatic N) is 3. The predicted octanol–water partition coefficient (Wildman–Crippen LogP) is 1.91. The quantitative estimate of drug-likeness (QED) is 0.716. The summed E-state index contributed by atoms with van der Waals surface area (Å²) in [6, 6.07) is 0.888. The maximum Gasteiger partial charge on any atom is 0.317 e. The number of rotatable bonds is 8. The molecule has 2 saturated carbocycles. The Labute approximate surface area is 145 Å². The fourth-order valence-corrected chi connectivity index (χ4v) is 3.79. The smallest absolute Gasteiger partial charge is 0.317 e. The maximum atomic E-state index is 11.1. The van der Waals surface area contributed by atoms with Gasteiger partial charge in [-0.1, -0.05) is 0 Å². The van der Waals surface area contributed by atoms with Crippen LogP contribution in [0.25, 0.3) is 0 Å². The fraction of sp³-hybridized carbons (Fsp3) is 0.750. The molecule has 0 amide bonds. The van der Waals surface area contributed by atoms with Crippen molar-refractivity contribution in [2.45, 2.75) is 51.2 Å². The summed E-state index contributed by atoms with van der Waals surface area (Å²) in [5, 5.41) is 17.1. The van der Waals surface area contributed by atoms with E-state index in [9.17, 15) is 4.79 Å². The number of aliphatic carboxylic acids is 1. The van der Waals surface area contributed by atoms with Gasteiger partial charge in [0, 0.05) is 32.2 Å². The van der Waals surface area contributed by atoms with Crippen LogP contribution in [0.3, 0.4) is 0 Å². The third-order valence-corrected chi connectivity index (χ3v) is 6.01. The molecule has 0 aromatic carbocycles. The van der Waals surface area contributed by atoms with E-state index in [1.54, 1.807) is 0 Å². The number of nitrogens with one attached hydrogen (secondary N) is 1. The number of aryl methyl sites for hydroxylation is 2. The van der Waals surface area contributed by atoms with Crippen LogP contribution in [0.15, 0.2) is 4.47 Å². The molecule has 0 atom stereocenters. The molecule has 0 bridgehead atoms. The van der Waals surface area contributed by atoms with Gasteiger partial charge in [-0.15, -0.1) is 0 Å². The van der Waals surface area contributed by atoms with Crippen LogP contribution in [0.5, 0.6) is 0 Å². The Kier molecular flexibility index (Phi) is 5.08. The van der Waals surface area contributed by atoms with Crippen LogP contribution < -0.4 is 5.32 Å². The Morgan fingerprint density at radius 1 is 1.48 bits per heavy atom. The molecule has 2 aliphatic rings. The lowest BCUT2D eigenvalue weighted by molar-refractivity contribution is -0.139. The molecule has 128 valence electrons. The summed E-state index contributed by atoms with van der Waals surface area (Å²) in [5.41, 5.74) is 2.17. The Hall–Kier alpha value is -0.920. The summed E-state index contributed by atoms with van der Waals surface area (Å²) in [4.78, 5) is 13.2. The van der Waals surface area contributed by atoms with E-state index in [1.807, 2.05) is 18.7 Å². The number of carboxylic acid groups (broad SMARTS) is 1. The van der Waals surface area contributed by atoms with Gasteiger partial charge in [-0.25, -0.2) is 0 Å². The number of hydrogen-bond donors (Lipinski definition) is 2. The van der Waals surface area contributed by atoms with Gasteiger partial charge in [0.1, 0.15) is 0 Å². The molecular weight excluding hydrogens is 360 g/mol. The van der Waals surface area contributed by atoms with Crippen LogP contribution in [0.4, 0.5) is 0 Å². The van der Waals surface area contributed by atoms with Crippen LogP contribution >= 0.6 is 15.9 Å². The molecule has 0 spiro atoms. The third-order valence-electron chi connectivity index (χ3n) is 4.98. The first-order valence-electron chi connectivity index (χ1n) is 8.31. The number of carbonyl (C=O) groups is 1. The van der Waals surface area contributed by atoms with Crippen molar-refractivity contribution in [3.05, 3.63) is 15.9 Å². The first-order chi connectivity index (χ1) is 10.9. The van der Waals surface area contributed by atoms with Crippen molar-refractivity contribution in [1.29, 1.82) is 0 Å². The summed E-state index contributed by atoms with van der Waals surface area (Å²) < 4.78 is 2.98. The van der Waals surface area contributed by atoms with Gasteiger partial charge in [-0.3, -0.25) is 14.4 Å². The summed E-state index contributed by atoms with van der Waals surface area (Å²) in [5.74, 6) is 0.0195. The largest absolute Gasteiger partial charge is 0.480 e. The van der Waals surface area contributed by atoms with Gasteiger partial charge >= 0.3 is 5.97 Å². The van der Waals surface area contributed by atoms with Crippen molar-refractivity contribution in [2.75, 3.05) is 13.1 Å². The second-order valence-corrected chi connectivity index (χ2v) is 7.73. The van der Waals surface area contributed by atoms with E-state index >= 15 is 0 Å². The van der Waals surface area contributed by atoms with Crippen LogP contribution in [0.1, 0.15) is 37.1 Å². The summed E-state index contributed by atoms with van der Waals surface area (Å²) in [7, 11) is 1.96. The minimum atomic E-state index is -0.712. The standard InChI is InChI=1S/C16H25BrN4O2/c1-10-16(17)14(20(2)19-10)7-18-12-5-13(6-12)21(9-15(22)23)8-11-3-4-11/h11-13,18H,3-9H2,1-2H3,(H,22,23). The number of halogens is 1. The Morgan fingerprint density at radius 2 is 2.17 bits per heavy atom. The van der Waals surface area contributed by atoms with Gasteiger partial charge in [0.15, 0.2) is 0 Å². The topological polar surface area (TPSA) is 70.4 Å². The predicted molar refractivity (Wildman–Crippen MR) is 91.2 cm³/mol. The highest BCUT2D eigenvalue weighted by Crippen LogP contribution is 2.34. The van der Waals surface area contributed by atoms with Crippen molar-refractivity contribution in [1.82, 2.24) is 20.0 Å². The Balaban J connectivity index is 1.46. The van der Waals surface area contributed by atoms with Crippen molar-refractivity contribution in [3.63, 3.8) is 0 Å². The molecule has 7 heteroatoms. The highest BCUT2D eigenvalue weighted by molar-refractivity contribution is 9.10. The summed E-state index contributed by atoms with van der Waals surface area (Å²) in [6.45, 7) is 3.92. The highest BCUT2D eigenvalue weighted by Gasteiger charge is 2.37. The lowest BCUT2D eigenvalue weighted by atomic mass is 9.85. The van der Waals surface area contributed by atoms with Gasteiger partial charge in [-0.05, 0) is 54.5 Å². The van der Waals surface area contributed by atoms with E-state index in [1.165, 1.54) is 12.8 Å². The van der Waals surface area contributed by atoms with E-state index < -0.39 is 5.97 Å². The van der Waals surface area contributed by atoms with Gasteiger partial charge in [0.25, 0.3) is 0 Å². The van der Waals surface area contributed by atoms with Crippen LogP contribution in [-0.2, 0) is 18.4 Å². The minimum absolute atomic E-state index is 0.181. The monoisotopic (exact) mass is 384 g/mol. The molecule has 6 nitrogen and oxygen atoms in total. The van der Waals surface area contributed by atoms with Crippen molar-refractivity contribution in [2.24, 2.45) is 13.0 Å². The Morgan fingerprint density at radius 3 is 2.70 bits per heavy atom. The number of aromatic nitrogens is 2. The average Bonchev–Trinajstić information content (AvgIpc) is 3.19. The molecule has 23 heavy (non-hydrogen) atoms. The lowest BCUT2D eigenvalue weighted by Crippen LogP contribution is -2.54. The van der Waals surface area contributed by atoms with Gasteiger partial charge in [0.2, 0.25) is 0 Å². The molecule has 3 rings (SSSR count). The lowest BCUT2D eigenvalue weighted by Gasteiger charge is -2.43. The van der Waals surface area contributed by atoms with E-state index in [2.05, 4.69) is 31.2 Å². The molecular formula is C16H25BrN4O2. The maximum absolute atomic E-state index is 11.1. The number of hydrogen-bond acceptors (Lipinski definition) is 4. The molecule has 0 aliphatic heterocycles.